The number of piperidine rings is 1. The summed E-state index contributed by atoms with van der Waals surface area (Å²) in [4.78, 5) is 28.0. The van der Waals surface area contributed by atoms with Crippen molar-refractivity contribution >= 4 is 27.8 Å². The van der Waals surface area contributed by atoms with Gasteiger partial charge in [-0.1, -0.05) is 34.1 Å². The average molecular weight is 499 g/mol. The van der Waals surface area contributed by atoms with Gasteiger partial charge in [0.05, 0.1) is 5.56 Å². The summed E-state index contributed by atoms with van der Waals surface area (Å²) < 4.78 is 7.08. The fourth-order valence-corrected chi connectivity index (χ4v) is 5.79. The Morgan fingerprint density at radius 1 is 1.06 bits per heavy atom. The molecule has 1 amide bonds. The number of amides is 1. The summed E-state index contributed by atoms with van der Waals surface area (Å²) in [6, 6.07) is 13.4. The van der Waals surface area contributed by atoms with Crippen LogP contribution in [0.3, 0.4) is 0 Å². The SMILES string of the molecule is Cc1cc(Br)cc(C)c1C(=O)N1CCC([C@H](OC(=O)c2ccccc2)C2CCCN2)CC1. The molecule has 2 fully saturated rings. The van der Waals surface area contributed by atoms with Crippen LogP contribution < -0.4 is 5.32 Å². The van der Waals surface area contributed by atoms with E-state index in [1.165, 1.54) is 0 Å². The van der Waals surface area contributed by atoms with Gasteiger partial charge in [0.2, 0.25) is 0 Å². The molecular weight excluding hydrogens is 468 g/mol. The van der Waals surface area contributed by atoms with Gasteiger partial charge in [-0.15, -0.1) is 0 Å². The summed E-state index contributed by atoms with van der Waals surface area (Å²) in [5.41, 5.74) is 3.38. The highest BCUT2D eigenvalue weighted by atomic mass is 79.9. The summed E-state index contributed by atoms with van der Waals surface area (Å²) in [6.45, 7) is 6.31. The van der Waals surface area contributed by atoms with Crippen LogP contribution >= 0.6 is 15.9 Å². The number of carbonyl (C=O) groups excluding carboxylic acids is 2. The lowest BCUT2D eigenvalue weighted by Gasteiger charge is -2.38. The van der Waals surface area contributed by atoms with E-state index in [1.54, 1.807) is 12.1 Å². The molecule has 2 aliphatic heterocycles. The number of hydrogen-bond donors (Lipinski definition) is 1. The van der Waals surface area contributed by atoms with Crippen molar-refractivity contribution in [3.63, 3.8) is 0 Å². The van der Waals surface area contributed by atoms with E-state index in [-0.39, 0.29) is 29.9 Å². The number of ether oxygens (including phenoxy) is 1. The highest BCUT2D eigenvalue weighted by Crippen LogP contribution is 2.30. The Morgan fingerprint density at radius 2 is 1.72 bits per heavy atom. The van der Waals surface area contributed by atoms with Crippen LogP contribution in [0.5, 0.6) is 0 Å². The third-order valence-corrected chi connectivity index (χ3v) is 7.21. The molecular formula is C26H31BrN2O3. The van der Waals surface area contributed by atoms with Crippen LogP contribution in [0.2, 0.25) is 0 Å². The second-order valence-corrected chi connectivity index (χ2v) is 9.90. The number of esters is 1. The van der Waals surface area contributed by atoms with Gasteiger partial charge in [-0.2, -0.15) is 0 Å². The monoisotopic (exact) mass is 498 g/mol. The number of nitrogens with one attached hydrogen (secondary N) is 1. The molecule has 6 heteroatoms. The highest BCUT2D eigenvalue weighted by Gasteiger charge is 2.37. The molecule has 0 aliphatic carbocycles. The fourth-order valence-electron chi connectivity index (χ4n) is 5.10. The van der Waals surface area contributed by atoms with Crippen molar-refractivity contribution in [2.75, 3.05) is 19.6 Å². The van der Waals surface area contributed by atoms with Crippen molar-refractivity contribution in [2.45, 2.75) is 51.7 Å². The molecule has 170 valence electrons. The van der Waals surface area contributed by atoms with Gasteiger partial charge < -0.3 is 15.0 Å². The smallest absolute Gasteiger partial charge is 0.338 e. The maximum atomic E-state index is 13.3. The second-order valence-electron chi connectivity index (χ2n) is 8.98. The van der Waals surface area contributed by atoms with Crippen LogP contribution in [-0.4, -0.2) is 48.6 Å². The summed E-state index contributed by atoms with van der Waals surface area (Å²) in [7, 11) is 0. The second kappa shape index (κ2) is 10.2. The normalized spacial score (nSPS) is 20.2. The topological polar surface area (TPSA) is 58.6 Å². The van der Waals surface area contributed by atoms with Crippen molar-refractivity contribution in [3.8, 4) is 0 Å². The molecule has 2 atom stereocenters. The lowest BCUT2D eigenvalue weighted by Crippen LogP contribution is -2.48. The Kier molecular flexibility index (Phi) is 7.31. The molecule has 1 unspecified atom stereocenters. The van der Waals surface area contributed by atoms with Crippen LogP contribution in [-0.2, 0) is 4.74 Å². The lowest BCUT2D eigenvalue weighted by atomic mass is 9.86. The molecule has 0 aromatic heterocycles. The molecule has 2 aromatic rings. The van der Waals surface area contributed by atoms with Crippen molar-refractivity contribution in [3.05, 3.63) is 69.2 Å². The third kappa shape index (κ3) is 5.07. The van der Waals surface area contributed by atoms with Gasteiger partial charge in [0.1, 0.15) is 6.10 Å². The third-order valence-electron chi connectivity index (χ3n) is 6.75. The van der Waals surface area contributed by atoms with Gasteiger partial charge in [-0.25, -0.2) is 4.79 Å². The first kappa shape index (κ1) is 23.0. The molecule has 2 heterocycles. The molecule has 2 aromatic carbocycles. The first-order valence-corrected chi connectivity index (χ1v) is 12.3. The van der Waals surface area contributed by atoms with E-state index < -0.39 is 0 Å². The Morgan fingerprint density at radius 3 is 2.31 bits per heavy atom. The Bertz CT molecular complexity index is 941. The van der Waals surface area contributed by atoms with Gasteiger partial charge >= 0.3 is 5.97 Å². The van der Waals surface area contributed by atoms with Crippen molar-refractivity contribution in [1.29, 1.82) is 0 Å². The molecule has 0 saturated carbocycles. The molecule has 0 radical (unpaired) electrons. The zero-order valence-corrected chi connectivity index (χ0v) is 20.4. The summed E-state index contributed by atoms with van der Waals surface area (Å²) in [5, 5.41) is 3.53. The summed E-state index contributed by atoms with van der Waals surface area (Å²) in [5.74, 6) is 0.0844. The van der Waals surface area contributed by atoms with Crippen LogP contribution in [0.15, 0.2) is 46.9 Å². The molecule has 1 N–H and O–H groups in total. The van der Waals surface area contributed by atoms with E-state index in [1.807, 2.05) is 49.1 Å². The van der Waals surface area contributed by atoms with E-state index in [0.717, 1.165) is 53.4 Å². The highest BCUT2D eigenvalue weighted by molar-refractivity contribution is 9.10. The Labute approximate surface area is 198 Å². The van der Waals surface area contributed by atoms with E-state index in [9.17, 15) is 9.59 Å². The minimum absolute atomic E-state index is 0.0998. The number of rotatable bonds is 5. The average Bonchev–Trinajstić information content (AvgIpc) is 3.32. The van der Waals surface area contributed by atoms with Gasteiger partial charge in [0, 0.05) is 35.1 Å². The molecule has 2 saturated heterocycles. The van der Waals surface area contributed by atoms with Crippen LogP contribution in [0, 0.1) is 19.8 Å². The van der Waals surface area contributed by atoms with Crippen molar-refractivity contribution < 1.29 is 14.3 Å². The standard InChI is InChI=1S/C26H31BrN2O3/c1-17-15-21(27)16-18(2)23(17)25(30)29-13-10-19(11-14-29)24(22-9-6-12-28-22)32-26(31)20-7-4-3-5-8-20/h3-5,7-8,15-16,19,22,24,28H,6,9-14H2,1-2H3/t22?,24-/m0/s1. The maximum Gasteiger partial charge on any atom is 0.338 e. The number of carbonyl (C=O) groups is 2. The Balaban J connectivity index is 1.44. The zero-order chi connectivity index (χ0) is 22.7. The van der Waals surface area contributed by atoms with E-state index in [4.69, 9.17) is 4.74 Å². The van der Waals surface area contributed by atoms with E-state index in [0.29, 0.717) is 18.7 Å². The van der Waals surface area contributed by atoms with E-state index >= 15 is 0 Å². The molecule has 4 rings (SSSR count). The number of hydrogen-bond acceptors (Lipinski definition) is 4. The van der Waals surface area contributed by atoms with Crippen LogP contribution in [0.4, 0.5) is 0 Å². The van der Waals surface area contributed by atoms with Gasteiger partial charge in [0.25, 0.3) is 5.91 Å². The number of nitrogens with zero attached hydrogens (tertiary/aromatic N) is 1. The number of halogens is 1. The molecule has 5 nitrogen and oxygen atoms in total. The summed E-state index contributed by atoms with van der Waals surface area (Å²) >= 11 is 3.51. The van der Waals surface area contributed by atoms with Gasteiger partial charge in [-0.3, -0.25) is 4.79 Å². The predicted octanol–water partition coefficient (Wildman–Crippen LogP) is 4.90. The minimum atomic E-state index is -0.260. The van der Waals surface area contributed by atoms with Gasteiger partial charge in [-0.05, 0) is 81.5 Å². The van der Waals surface area contributed by atoms with Crippen LogP contribution in [0.1, 0.15) is 57.5 Å². The van der Waals surface area contributed by atoms with Crippen molar-refractivity contribution in [1.82, 2.24) is 10.2 Å². The Hall–Kier alpha value is -2.18. The van der Waals surface area contributed by atoms with Crippen molar-refractivity contribution in [2.24, 2.45) is 5.92 Å². The number of likely N-dealkylation sites (tertiary alicyclic amines) is 1. The minimum Gasteiger partial charge on any atom is -0.457 e. The first-order valence-electron chi connectivity index (χ1n) is 11.5. The quantitative estimate of drug-likeness (QED) is 0.595. The predicted molar refractivity (Wildman–Crippen MR) is 129 cm³/mol. The van der Waals surface area contributed by atoms with Gasteiger partial charge in [0.15, 0.2) is 0 Å². The first-order chi connectivity index (χ1) is 15.4. The number of aryl methyl sites for hydroxylation is 2. The molecule has 2 aliphatic rings. The zero-order valence-electron chi connectivity index (χ0n) is 18.8. The summed E-state index contributed by atoms with van der Waals surface area (Å²) in [6.07, 6.45) is 3.63. The molecule has 32 heavy (non-hydrogen) atoms. The molecule has 0 bridgehead atoms. The van der Waals surface area contributed by atoms with E-state index in [2.05, 4.69) is 21.2 Å². The largest absolute Gasteiger partial charge is 0.457 e. The number of benzene rings is 2. The maximum absolute atomic E-state index is 13.3. The van der Waals surface area contributed by atoms with Crippen LogP contribution in [0.25, 0.3) is 0 Å². The molecule has 0 spiro atoms. The fraction of sp³-hybridized carbons (Fsp3) is 0.462. The lowest BCUT2D eigenvalue weighted by molar-refractivity contribution is -0.00984.